The van der Waals surface area contributed by atoms with E-state index >= 15 is 0 Å². The number of aliphatic hydroxyl groups is 1. The summed E-state index contributed by atoms with van der Waals surface area (Å²) in [5.41, 5.74) is 0. The van der Waals surface area contributed by atoms with Crippen molar-refractivity contribution in [1.29, 1.82) is 0 Å². The Labute approximate surface area is 79.3 Å². The van der Waals surface area contributed by atoms with Gasteiger partial charge in [-0.15, -0.1) is 0 Å². The molecule has 0 saturated heterocycles. The fourth-order valence-electron chi connectivity index (χ4n) is 0.979. The van der Waals surface area contributed by atoms with E-state index < -0.39 is 0 Å². The van der Waals surface area contributed by atoms with Crippen molar-refractivity contribution in [3.05, 3.63) is 0 Å². The highest BCUT2D eigenvalue weighted by molar-refractivity contribution is 5.69. The van der Waals surface area contributed by atoms with Gasteiger partial charge in [-0.05, 0) is 19.4 Å². The second-order valence-electron chi connectivity index (χ2n) is 2.92. The van der Waals surface area contributed by atoms with Crippen LogP contribution in [0, 0.1) is 0 Å². The quantitative estimate of drug-likeness (QED) is 0.447. The molecular weight excluding hydrogens is 170 g/mol. The number of hydrogen-bond donors (Lipinski definition) is 2. The maximum absolute atomic E-state index is 10.7. The zero-order valence-corrected chi connectivity index (χ0v) is 8.38. The highest BCUT2D eigenvalue weighted by atomic mass is 16.5. The summed E-state index contributed by atoms with van der Waals surface area (Å²) in [7, 11) is 1.39. The van der Waals surface area contributed by atoms with Crippen LogP contribution in [-0.2, 0) is 9.53 Å². The Balaban J connectivity index is 3.28. The number of nitrogens with one attached hydrogen (secondary N) is 1. The Morgan fingerprint density at radius 3 is 2.77 bits per heavy atom. The third kappa shape index (κ3) is 6.54. The number of esters is 1. The molecule has 78 valence electrons. The molecule has 0 heterocycles. The topological polar surface area (TPSA) is 58.6 Å². The number of ether oxygens (including phenoxy) is 1. The Kier molecular flexibility index (Phi) is 7.63. The highest BCUT2D eigenvalue weighted by Crippen LogP contribution is 1.93. The molecule has 0 radical (unpaired) electrons. The fourth-order valence-corrected chi connectivity index (χ4v) is 0.979. The van der Waals surface area contributed by atoms with Crippen molar-refractivity contribution in [1.82, 2.24) is 5.32 Å². The lowest BCUT2D eigenvalue weighted by molar-refractivity contribution is -0.140. The van der Waals surface area contributed by atoms with Crippen LogP contribution in [0.4, 0.5) is 0 Å². The van der Waals surface area contributed by atoms with Gasteiger partial charge in [0.25, 0.3) is 0 Å². The maximum Gasteiger partial charge on any atom is 0.305 e. The van der Waals surface area contributed by atoms with Gasteiger partial charge < -0.3 is 15.2 Å². The first-order valence-electron chi connectivity index (χ1n) is 4.65. The van der Waals surface area contributed by atoms with Gasteiger partial charge in [-0.1, -0.05) is 6.92 Å². The fraction of sp³-hybridized carbons (Fsp3) is 0.889. The number of hydrogen-bond acceptors (Lipinski definition) is 4. The monoisotopic (exact) mass is 189 g/mol. The standard InChI is InChI=1S/C9H19NO3/c1-3-8(7-11)10-6-4-5-9(12)13-2/h8,10-11H,3-7H2,1-2H3. The lowest BCUT2D eigenvalue weighted by atomic mass is 10.2. The van der Waals surface area contributed by atoms with Gasteiger partial charge in [0.05, 0.1) is 13.7 Å². The lowest BCUT2D eigenvalue weighted by Gasteiger charge is -2.12. The third-order valence-electron chi connectivity index (χ3n) is 1.93. The summed E-state index contributed by atoms with van der Waals surface area (Å²) >= 11 is 0. The Hall–Kier alpha value is -0.610. The van der Waals surface area contributed by atoms with Crippen LogP contribution in [-0.4, -0.2) is 37.4 Å². The summed E-state index contributed by atoms with van der Waals surface area (Å²) < 4.78 is 4.49. The van der Waals surface area contributed by atoms with E-state index in [0.717, 1.165) is 19.4 Å². The van der Waals surface area contributed by atoms with E-state index in [1.807, 2.05) is 6.92 Å². The molecule has 0 aromatic carbocycles. The van der Waals surface area contributed by atoms with E-state index in [0.29, 0.717) is 6.42 Å². The zero-order chi connectivity index (χ0) is 10.1. The molecule has 0 aliphatic carbocycles. The van der Waals surface area contributed by atoms with E-state index in [1.54, 1.807) is 0 Å². The number of aliphatic hydroxyl groups excluding tert-OH is 1. The van der Waals surface area contributed by atoms with Gasteiger partial charge in [-0.2, -0.15) is 0 Å². The number of rotatable bonds is 7. The van der Waals surface area contributed by atoms with E-state index in [9.17, 15) is 4.79 Å². The minimum absolute atomic E-state index is 0.148. The molecule has 4 heteroatoms. The number of methoxy groups -OCH3 is 1. The van der Waals surface area contributed by atoms with Crippen molar-refractivity contribution in [2.24, 2.45) is 0 Å². The van der Waals surface area contributed by atoms with Gasteiger partial charge >= 0.3 is 5.97 Å². The molecule has 0 rings (SSSR count). The molecule has 0 aromatic heterocycles. The first kappa shape index (κ1) is 12.4. The molecule has 2 N–H and O–H groups in total. The minimum Gasteiger partial charge on any atom is -0.469 e. The maximum atomic E-state index is 10.7. The summed E-state index contributed by atoms with van der Waals surface area (Å²) in [5.74, 6) is -0.182. The Bertz CT molecular complexity index is 135. The van der Waals surface area contributed by atoms with Crippen LogP contribution in [0.1, 0.15) is 26.2 Å². The first-order chi connectivity index (χ1) is 6.24. The van der Waals surface area contributed by atoms with Crippen molar-refractivity contribution in [3.63, 3.8) is 0 Å². The predicted octanol–water partition coefficient (Wildman–Crippen LogP) is 0.300. The van der Waals surface area contributed by atoms with Crippen LogP contribution in [0.15, 0.2) is 0 Å². The van der Waals surface area contributed by atoms with E-state index in [-0.39, 0.29) is 18.6 Å². The number of carbonyl (C=O) groups is 1. The van der Waals surface area contributed by atoms with Crippen molar-refractivity contribution < 1.29 is 14.6 Å². The van der Waals surface area contributed by atoms with Crippen molar-refractivity contribution in [2.75, 3.05) is 20.3 Å². The summed E-state index contributed by atoms with van der Waals surface area (Å²) in [6.45, 7) is 2.90. The second kappa shape index (κ2) is 8.01. The predicted molar refractivity (Wildman–Crippen MR) is 50.4 cm³/mol. The molecule has 4 nitrogen and oxygen atoms in total. The Morgan fingerprint density at radius 2 is 2.31 bits per heavy atom. The third-order valence-corrected chi connectivity index (χ3v) is 1.93. The molecule has 13 heavy (non-hydrogen) atoms. The van der Waals surface area contributed by atoms with E-state index in [4.69, 9.17) is 5.11 Å². The molecule has 0 bridgehead atoms. The number of carbonyl (C=O) groups excluding carboxylic acids is 1. The highest BCUT2D eigenvalue weighted by Gasteiger charge is 2.03. The lowest BCUT2D eigenvalue weighted by Crippen LogP contribution is -2.32. The van der Waals surface area contributed by atoms with Crippen LogP contribution in [0.25, 0.3) is 0 Å². The molecule has 0 spiro atoms. The summed E-state index contributed by atoms with van der Waals surface area (Å²) in [6.07, 6.45) is 2.09. The minimum atomic E-state index is -0.182. The molecule has 0 aliphatic heterocycles. The SMILES string of the molecule is CCC(CO)NCCCC(=O)OC. The molecule has 1 atom stereocenters. The second-order valence-corrected chi connectivity index (χ2v) is 2.92. The molecule has 0 fully saturated rings. The van der Waals surface area contributed by atoms with Crippen LogP contribution >= 0.6 is 0 Å². The van der Waals surface area contributed by atoms with E-state index in [1.165, 1.54) is 7.11 Å². The van der Waals surface area contributed by atoms with Gasteiger partial charge in [0.2, 0.25) is 0 Å². The van der Waals surface area contributed by atoms with Crippen molar-refractivity contribution in [2.45, 2.75) is 32.2 Å². The first-order valence-corrected chi connectivity index (χ1v) is 4.65. The van der Waals surface area contributed by atoms with Crippen molar-refractivity contribution >= 4 is 5.97 Å². The molecule has 0 aliphatic rings. The van der Waals surface area contributed by atoms with E-state index in [2.05, 4.69) is 10.1 Å². The van der Waals surface area contributed by atoms with Crippen molar-refractivity contribution in [3.8, 4) is 0 Å². The Morgan fingerprint density at radius 1 is 1.62 bits per heavy atom. The van der Waals surface area contributed by atoms with Gasteiger partial charge in [-0.3, -0.25) is 4.79 Å². The zero-order valence-electron chi connectivity index (χ0n) is 8.38. The van der Waals surface area contributed by atoms with Crippen LogP contribution in [0.3, 0.4) is 0 Å². The van der Waals surface area contributed by atoms with Crippen LogP contribution in [0.5, 0.6) is 0 Å². The van der Waals surface area contributed by atoms with Crippen LogP contribution < -0.4 is 5.32 Å². The largest absolute Gasteiger partial charge is 0.469 e. The van der Waals surface area contributed by atoms with Gasteiger partial charge in [-0.25, -0.2) is 0 Å². The van der Waals surface area contributed by atoms with Gasteiger partial charge in [0.15, 0.2) is 0 Å². The molecule has 0 saturated carbocycles. The van der Waals surface area contributed by atoms with Gasteiger partial charge in [0, 0.05) is 12.5 Å². The molecule has 0 amide bonds. The summed E-state index contributed by atoms with van der Waals surface area (Å²) in [6, 6.07) is 0.151. The van der Waals surface area contributed by atoms with Gasteiger partial charge in [0.1, 0.15) is 0 Å². The average Bonchev–Trinajstić information content (AvgIpc) is 2.18. The summed E-state index contributed by atoms with van der Waals surface area (Å²) in [5, 5.41) is 12.0. The van der Waals surface area contributed by atoms with Crippen LogP contribution in [0.2, 0.25) is 0 Å². The normalized spacial score (nSPS) is 12.5. The summed E-state index contributed by atoms with van der Waals surface area (Å²) in [4.78, 5) is 10.7. The molecular formula is C9H19NO3. The molecule has 1 unspecified atom stereocenters. The molecule has 0 aromatic rings. The smallest absolute Gasteiger partial charge is 0.305 e. The average molecular weight is 189 g/mol.